The largest absolute Gasteiger partial charge is 0.486 e. The molecule has 0 N–H and O–H groups in total. The van der Waals surface area contributed by atoms with Gasteiger partial charge in [-0.2, -0.15) is 4.39 Å². The van der Waals surface area contributed by atoms with E-state index in [1.54, 1.807) is 18.2 Å². The van der Waals surface area contributed by atoms with E-state index in [0.29, 0.717) is 0 Å². The zero-order chi connectivity index (χ0) is 13.1. The molecule has 5 heteroatoms. The maximum absolute atomic E-state index is 13.3. The highest BCUT2D eigenvalue weighted by Crippen LogP contribution is 2.23. The Morgan fingerprint density at radius 3 is 2.50 bits per heavy atom. The molecule has 2 aromatic carbocycles. The summed E-state index contributed by atoms with van der Waals surface area (Å²) in [5.74, 6) is -4.39. The quantitative estimate of drug-likeness (QED) is 0.760. The van der Waals surface area contributed by atoms with Crippen molar-refractivity contribution in [3.05, 3.63) is 63.9 Å². The maximum atomic E-state index is 13.3. The first-order chi connectivity index (χ1) is 8.58. The van der Waals surface area contributed by atoms with Crippen molar-refractivity contribution in [1.82, 2.24) is 0 Å². The van der Waals surface area contributed by atoms with E-state index in [2.05, 4.69) is 15.9 Å². The van der Waals surface area contributed by atoms with Gasteiger partial charge in [-0.05, 0) is 29.8 Å². The van der Waals surface area contributed by atoms with Crippen LogP contribution in [0.15, 0.2) is 40.9 Å². The second-order valence-corrected chi connectivity index (χ2v) is 4.51. The van der Waals surface area contributed by atoms with Crippen LogP contribution in [0.3, 0.4) is 0 Å². The molecule has 0 aliphatic carbocycles. The Hall–Kier alpha value is -1.49. The van der Waals surface area contributed by atoms with E-state index in [1.807, 2.05) is 6.07 Å². The number of halogens is 4. The Morgan fingerprint density at radius 2 is 1.78 bits per heavy atom. The van der Waals surface area contributed by atoms with Crippen LogP contribution in [0.2, 0.25) is 0 Å². The van der Waals surface area contributed by atoms with Gasteiger partial charge in [-0.1, -0.05) is 28.1 Å². The smallest absolute Gasteiger partial charge is 0.203 e. The van der Waals surface area contributed by atoms with Crippen LogP contribution in [0.25, 0.3) is 0 Å². The maximum Gasteiger partial charge on any atom is 0.203 e. The minimum absolute atomic E-state index is 0.0709. The summed E-state index contributed by atoms with van der Waals surface area (Å²) in [6, 6.07) is 9.09. The van der Waals surface area contributed by atoms with Crippen molar-refractivity contribution in [2.24, 2.45) is 0 Å². The molecule has 0 atom stereocenters. The number of benzene rings is 2. The third kappa shape index (κ3) is 2.85. The Morgan fingerprint density at radius 1 is 1.00 bits per heavy atom. The van der Waals surface area contributed by atoms with Gasteiger partial charge in [0.2, 0.25) is 5.82 Å². The van der Waals surface area contributed by atoms with Crippen molar-refractivity contribution >= 4 is 15.9 Å². The summed E-state index contributed by atoms with van der Waals surface area (Å²) in [4.78, 5) is 0. The van der Waals surface area contributed by atoms with Crippen molar-refractivity contribution < 1.29 is 17.9 Å². The number of hydrogen-bond acceptors (Lipinski definition) is 1. The van der Waals surface area contributed by atoms with E-state index < -0.39 is 17.5 Å². The summed E-state index contributed by atoms with van der Waals surface area (Å²) < 4.78 is 44.9. The van der Waals surface area contributed by atoms with Gasteiger partial charge in [0.1, 0.15) is 6.61 Å². The first kappa shape index (κ1) is 13.0. The van der Waals surface area contributed by atoms with E-state index in [4.69, 9.17) is 4.74 Å². The highest BCUT2D eigenvalue weighted by Gasteiger charge is 2.14. The molecule has 0 saturated carbocycles. The van der Waals surface area contributed by atoms with Crippen LogP contribution in [0.5, 0.6) is 5.75 Å². The topological polar surface area (TPSA) is 9.23 Å². The lowest BCUT2D eigenvalue weighted by atomic mass is 10.2. The van der Waals surface area contributed by atoms with Crippen molar-refractivity contribution in [3.63, 3.8) is 0 Å². The van der Waals surface area contributed by atoms with Crippen molar-refractivity contribution in [1.29, 1.82) is 0 Å². The molecule has 18 heavy (non-hydrogen) atoms. The fourth-order valence-electron chi connectivity index (χ4n) is 1.41. The molecule has 1 nitrogen and oxygen atoms in total. The SMILES string of the molecule is Fc1ccc(OCc2cccc(Br)c2)c(F)c1F. The van der Waals surface area contributed by atoms with Crippen LogP contribution in [-0.4, -0.2) is 0 Å². The van der Waals surface area contributed by atoms with Crippen LogP contribution in [0.4, 0.5) is 13.2 Å². The van der Waals surface area contributed by atoms with Crippen molar-refractivity contribution in [2.75, 3.05) is 0 Å². The molecule has 0 spiro atoms. The van der Waals surface area contributed by atoms with Gasteiger partial charge in [0, 0.05) is 4.47 Å². The third-order valence-electron chi connectivity index (χ3n) is 2.28. The first-order valence-electron chi connectivity index (χ1n) is 5.08. The summed E-state index contributed by atoms with van der Waals surface area (Å²) in [6.07, 6.45) is 0. The zero-order valence-corrected chi connectivity index (χ0v) is 10.7. The molecule has 0 radical (unpaired) electrons. The lowest BCUT2D eigenvalue weighted by Gasteiger charge is -2.08. The third-order valence-corrected chi connectivity index (χ3v) is 2.78. The summed E-state index contributed by atoms with van der Waals surface area (Å²) in [7, 11) is 0. The number of hydrogen-bond donors (Lipinski definition) is 0. The van der Waals surface area contributed by atoms with Gasteiger partial charge in [-0.15, -0.1) is 0 Å². The molecule has 0 unspecified atom stereocenters. The molecule has 0 aliphatic heterocycles. The van der Waals surface area contributed by atoms with Crippen LogP contribution in [-0.2, 0) is 6.61 Å². The molecule has 0 aliphatic rings. The van der Waals surface area contributed by atoms with Gasteiger partial charge in [0.15, 0.2) is 17.4 Å². The van der Waals surface area contributed by atoms with E-state index in [9.17, 15) is 13.2 Å². The molecule has 0 fully saturated rings. The van der Waals surface area contributed by atoms with Crippen LogP contribution in [0.1, 0.15) is 5.56 Å². The summed E-state index contributed by atoms with van der Waals surface area (Å²) >= 11 is 3.28. The average Bonchev–Trinajstić information content (AvgIpc) is 2.35. The number of rotatable bonds is 3. The summed E-state index contributed by atoms with van der Waals surface area (Å²) in [6.45, 7) is 0.0709. The minimum atomic E-state index is -1.53. The van der Waals surface area contributed by atoms with E-state index in [1.165, 1.54) is 0 Å². The van der Waals surface area contributed by atoms with Gasteiger partial charge in [0.05, 0.1) is 0 Å². The summed E-state index contributed by atoms with van der Waals surface area (Å²) in [5, 5.41) is 0. The Kier molecular flexibility index (Phi) is 3.91. The fourth-order valence-corrected chi connectivity index (χ4v) is 1.85. The highest BCUT2D eigenvalue weighted by molar-refractivity contribution is 9.10. The first-order valence-corrected chi connectivity index (χ1v) is 5.88. The number of ether oxygens (including phenoxy) is 1. The fraction of sp³-hybridized carbons (Fsp3) is 0.0769. The van der Waals surface area contributed by atoms with Gasteiger partial charge in [0.25, 0.3) is 0 Å². The van der Waals surface area contributed by atoms with Crippen molar-refractivity contribution in [2.45, 2.75) is 6.61 Å². The molecule has 2 rings (SSSR count). The Labute approximate surface area is 110 Å². The van der Waals surface area contributed by atoms with Crippen LogP contribution >= 0.6 is 15.9 Å². The molecule has 0 amide bonds. The molecule has 2 aromatic rings. The minimum Gasteiger partial charge on any atom is -0.486 e. The van der Waals surface area contributed by atoms with Crippen LogP contribution in [0, 0.1) is 17.5 Å². The molecule has 0 bridgehead atoms. The predicted octanol–water partition coefficient (Wildman–Crippen LogP) is 4.45. The standard InChI is InChI=1S/C13H8BrF3O/c14-9-3-1-2-8(6-9)7-18-11-5-4-10(15)12(16)13(11)17/h1-6H,7H2. The molecule has 0 aromatic heterocycles. The summed E-state index contributed by atoms with van der Waals surface area (Å²) in [5.41, 5.74) is 0.786. The Balaban J connectivity index is 2.14. The van der Waals surface area contributed by atoms with Crippen LogP contribution < -0.4 is 4.74 Å². The van der Waals surface area contributed by atoms with Gasteiger partial charge in [-0.3, -0.25) is 0 Å². The Bertz CT molecular complexity index is 572. The lowest BCUT2D eigenvalue weighted by molar-refractivity contribution is 0.281. The monoisotopic (exact) mass is 316 g/mol. The van der Waals surface area contributed by atoms with E-state index in [-0.39, 0.29) is 12.4 Å². The predicted molar refractivity (Wildman–Crippen MR) is 64.8 cm³/mol. The highest BCUT2D eigenvalue weighted by atomic mass is 79.9. The average molecular weight is 317 g/mol. The second-order valence-electron chi connectivity index (χ2n) is 3.59. The van der Waals surface area contributed by atoms with Crippen molar-refractivity contribution in [3.8, 4) is 5.75 Å². The lowest BCUT2D eigenvalue weighted by Crippen LogP contribution is -2.00. The van der Waals surface area contributed by atoms with E-state index >= 15 is 0 Å². The molecular weight excluding hydrogens is 309 g/mol. The molecule has 0 heterocycles. The van der Waals surface area contributed by atoms with Gasteiger partial charge in [-0.25, -0.2) is 8.78 Å². The van der Waals surface area contributed by atoms with Gasteiger partial charge < -0.3 is 4.74 Å². The molecule has 94 valence electrons. The normalized spacial score (nSPS) is 10.4. The molecule has 0 saturated heterocycles. The van der Waals surface area contributed by atoms with E-state index in [0.717, 1.165) is 22.2 Å². The second kappa shape index (κ2) is 5.44. The molecular formula is C13H8BrF3O. The van der Waals surface area contributed by atoms with Gasteiger partial charge >= 0.3 is 0 Å². The zero-order valence-electron chi connectivity index (χ0n) is 9.09.